The van der Waals surface area contributed by atoms with Crippen molar-refractivity contribution in [2.75, 3.05) is 11.1 Å². The fraction of sp³-hybridized carbons (Fsp3) is 0. The molecule has 0 spiro atoms. The Hall–Kier alpha value is -3.23. The molecular weight excluding hydrogens is 262 g/mol. The minimum absolute atomic E-state index is 0.0506. The number of nitrogens with one attached hydrogen (secondary N) is 1. The van der Waals surface area contributed by atoms with Crippen molar-refractivity contribution in [2.24, 2.45) is 0 Å². The Bertz CT molecular complexity index is 718. The first-order valence-corrected chi connectivity index (χ1v) is 5.58. The quantitative estimate of drug-likeness (QED) is 0.709. The van der Waals surface area contributed by atoms with Crippen molar-refractivity contribution in [2.45, 2.75) is 0 Å². The predicted octanol–water partition coefficient (Wildman–Crippen LogP) is 0.485. The Morgan fingerprint density at radius 1 is 1.25 bits per heavy atom. The van der Waals surface area contributed by atoms with E-state index < -0.39 is 5.91 Å². The number of nitrogens with two attached hydrogens (primary N) is 1. The lowest BCUT2D eigenvalue weighted by molar-refractivity contribution is 0.101. The summed E-state index contributed by atoms with van der Waals surface area (Å²) in [6.45, 7) is 0. The van der Waals surface area contributed by atoms with Gasteiger partial charge in [-0.3, -0.25) is 4.79 Å². The van der Waals surface area contributed by atoms with Gasteiger partial charge in [-0.2, -0.15) is 5.10 Å². The molecule has 3 aromatic rings. The zero-order valence-electron chi connectivity index (χ0n) is 10.1. The highest BCUT2D eigenvalue weighted by Gasteiger charge is 2.15. The first-order chi connectivity index (χ1) is 9.74. The van der Waals surface area contributed by atoms with Crippen LogP contribution in [-0.2, 0) is 0 Å². The van der Waals surface area contributed by atoms with Crippen molar-refractivity contribution >= 4 is 17.4 Å². The fourth-order valence-corrected chi connectivity index (χ4v) is 1.58. The van der Waals surface area contributed by atoms with Crippen LogP contribution in [0.15, 0.2) is 41.5 Å². The second-order valence-electron chi connectivity index (χ2n) is 3.84. The van der Waals surface area contributed by atoms with E-state index in [1.165, 1.54) is 6.33 Å². The van der Waals surface area contributed by atoms with Crippen LogP contribution in [0.25, 0.3) is 5.69 Å². The maximum atomic E-state index is 11.8. The van der Waals surface area contributed by atoms with Gasteiger partial charge >= 0.3 is 0 Å². The number of nitrogen functional groups attached to an aromatic ring is 1. The molecule has 3 rings (SSSR count). The number of anilines is 2. The summed E-state index contributed by atoms with van der Waals surface area (Å²) < 4.78 is 5.97. The topological polar surface area (TPSA) is 125 Å². The molecule has 2 aromatic heterocycles. The lowest BCUT2D eigenvalue weighted by Crippen LogP contribution is -2.14. The number of rotatable bonds is 3. The normalized spacial score (nSPS) is 10.4. The number of carbonyl (C=O) groups is 1. The van der Waals surface area contributed by atoms with Crippen LogP contribution in [0, 0.1) is 0 Å². The molecule has 0 unspecified atom stereocenters. The number of hydrogen-bond donors (Lipinski definition) is 2. The van der Waals surface area contributed by atoms with Crippen molar-refractivity contribution in [3.05, 3.63) is 42.6 Å². The SMILES string of the molecule is Nc1nonc1C(=O)Nc1ccc(-n2cncn2)cc1. The minimum Gasteiger partial charge on any atom is -0.379 e. The zero-order chi connectivity index (χ0) is 13.9. The predicted molar refractivity (Wildman–Crippen MR) is 68.0 cm³/mol. The van der Waals surface area contributed by atoms with Gasteiger partial charge in [-0.1, -0.05) is 0 Å². The monoisotopic (exact) mass is 271 g/mol. The summed E-state index contributed by atoms with van der Waals surface area (Å²) in [5, 5.41) is 13.4. The molecule has 0 aliphatic carbocycles. The van der Waals surface area contributed by atoms with Crippen molar-refractivity contribution in [3.8, 4) is 5.69 Å². The van der Waals surface area contributed by atoms with E-state index in [1.54, 1.807) is 35.3 Å². The summed E-state index contributed by atoms with van der Waals surface area (Å²) in [7, 11) is 0. The van der Waals surface area contributed by atoms with Crippen LogP contribution in [0.2, 0.25) is 0 Å². The smallest absolute Gasteiger partial charge is 0.281 e. The highest BCUT2D eigenvalue weighted by Crippen LogP contribution is 2.14. The van der Waals surface area contributed by atoms with Gasteiger partial charge in [-0.25, -0.2) is 14.3 Å². The standard InChI is InChI=1S/C11H9N7O2/c12-10-9(16-20-17-10)11(19)15-7-1-3-8(4-2-7)18-6-13-5-14-18/h1-6H,(H2,12,17)(H,15,19). The molecule has 2 heterocycles. The third-order valence-electron chi connectivity index (χ3n) is 2.54. The van der Waals surface area contributed by atoms with E-state index in [0.29, 0.717) is 5.69 Å². The molecule has 0 aliphatic heterocycles. The third-order valence-corrected chi connectivity index (χ3v) is 2.54. The highest BCUT2D eigenvalue weighted by atomic mass is 16.6. The van der Waals surface area contributed by atoms with Crippen LogP contribution in [0.1, 0.15) is 10.5 Å². The molecule has 3 N–H and O–H groups in total. The van der Waals surface area contributed by atoms with Gasteiger partial charge in [0.2, 0.25) is 11.5 Å². The van der Waals surface area contributed by atoms with Crippen molar-refractivity contribution in [1.29, 1.82) is 0 Å². The van der Waals surface area contributed by atoms with Gasteiger partial charge < -0.3 is 11.1 Å². The van der Waals surface area contributed by atoms with Gasteiger partial charge in [0.25, 0.3) is 5.91 Å². The van der Waals surface area contributed by atoms with Gasteiger partial charge in [0.05, 0.1) is 5.69 Å². The molecule has 9 heteroatoms. The molecule has 0 radical (unpaired) electrons. The maximum Gasteiger partial charge on any atom is 0.281 e. The number of hydrogen-bond acceptors (Lipinski definition) is 7. The summed E-state index contributed by atoms with van der Waals surface area (Å²) >= 11 is 0. The van der Waals surface area contributed by atoms with E-state index in [9.17, 15) is 4.79 Å². The zero-order valence-corrected chi connectivity index (χ0v) is 10.1. The van der Waals surface area contributed by atoms with Crippen molar-refractivity contribution in [3.63, 3.8) is 0 Å². The maximum absolute atomic E-state index is 11.8. The second-order valence-corrected chi connectivity index (χ2v) is 3.84. The number of aromatic nitrogens is 5. The van der Waals surface area contributed by atoms with Crippen molar-refractivity contribution in [1.82, 2.24) is 25.1 Å². The average molecular weight is 271 g/mol. The molecule has 0 atom stereocenters. The molecule has 1 amide bonds. The summed E-state index contributed by atoms with van der Waals surface area (Å²) in [5.41, 5.74) is 6.79. The molecule has 9 nitrogen and oxygen atoms in total. The minimum atomic E-state index is -0.489. The van der Waals surface area contributed by atoms with E-state index in [-0.39, 0.29) is 11.5 Å². The van der Waals surface area contributed by atoms with Gasteiger partial charge in [0, 0.05) is 5.69 Å². The second kappa shape index (κ2) is 4.80. The number of carbonyl (C=O) groups excluding carboxylic acids is 1. The average Bonchev–Trinajstić information content (AvgIpc) is 3.10. The molecule has 100 valence electrons. The number of amides is 1. The van der Waals surface area contributed by atoms with Gasteiger partial charge in [0.15, 0.2) is 0 Å². The van der Waals surface area contributed by atoms with Crippen molar-refractivity contribution < 1.29 is 9.42 Å². The highest BCUT2D eigenvalue weighted by molar-refractivity contribution is 6.05. The lowest BCUT2D eigenvalue weighted by atomic mass is 10.2. The Morgan fingerprint density at radius 2 is 2.05 bits per heavy atom. The van der Waals surface area contributed by atoms with E-state index in [2.05, 4.69) is 30.3 Å². The number of nitrogens with zero attached hydrogens (tertiary/aromatic N) is 5. The van der Waals surface area contributed by atoms with E-state index >= 15 is 0 Å². The van der Waals surface area contributed by atoms with Crippen LogP contribution >= 0.6 is 0 Å². The van der Waals surface area contributed by atoms with E-state index in [4.69, 9.17) is 5.73 Å². The Morgan fingerprint density at radius 3 is 2.65 bits per heavy atom. The number of benzene rings is 1. The van der Waals surface area contributed by atoms with Gasteiger partial charge in [0.1, 0.15) is 12.7 Å². The molecule has 20 heavy (non-hydrogen) atoms. The summed E-state index contributed by atoms with van der Waals surface area (Å²) in [5.74, 6) is -0.543. The van der Waals surface area contributed by atoms with Gasteiger partial charge in [-0.05, 0) is 34.6 Å². The van der Waals surface area contributed by atoms with Crippen LogP contribution in [0.3, 0.4) is 0 Å². The largest absolute Gasteiger partial charge is 0.379 e. The molecule has 1 aromatic carbocycles. The van der Waals surface area contributed by atoms with Crippen LogP contribution in [-0.4, -0.2) is 31.0 Å². The first-order valence-electron chi connectivity index (χ1n) is 5.58. The van der Waals surface area contributed by atoms with Crippen LogP contribution in [0.5, 0.6) is 0 Å². The van der Waals surface area contributed by atoms with Crippen LogP contribution in [0.4, 0.5) is 11.5 Å². The summed E-state index contributed by atoms with van der Waals surface area (Å²) in [4.78, 5) is 15.7. The summed E-state index contributed by atoms with van der Waals surface area (Å²) in [6, 6.07) is 7.01. The Balaban J connectivity index is 1.76. The van der Waals surface area contributed by atoms with Gasteiger partial charge in [-0.15, -0.1) is 0 Å². The molecule has 0 bridgehead atoms. The lowest BCUT2D eigenvalue weighted by Gasteiger charge is -2.04. The van der Waals surface area contributed by atoms with Crippen LogP contribution < -0.4 is 11.1 Å². The van der Waals surface area contributed by atoms with E-state index in [1.807, 2.05) is 0 Å². The first kappa shape index (κ1) is 11.8. The molecule has 0 fully saturated rings. The molecular formula is C11H9N7O2. The summed E-state index contributed by atoms with van der Waals surface area (Å²) in [6.07, 6.45) is 3.02. The van der Waals surface area contributed by atoms with E-state index in [0.717, 1.165) is 5.69 Å². The Kier molecular flexibility index (Phi) is 2.84. The fourth-order valence-electron chi connectivity index (χ4n) is 1.58. The third kappa shape index (κ3) is 2.19. The molecule has 0 saturated carbocycles. The molecule has 0 aliphatic rings. The Labute approximate surface area is 112 Å². The molecule has 0 saturated heterocycles.